The van der Waals surface area contributed by atoms with E-state index < -0.39 is 41.0 Å². The lowest BCUT2D eigenvalue weighted by atomic mass is 9.72. The molecule has 4 N–H and O–H groups in total. The average Bonchev–Trinajstić information content (AvgIpc) is 3.50. The number of nitrogens with zero attached hydrogens (tertiary/aromatic N) is 1. The van der Waals surface area contributed by atoms with Gasteiger partial charge < -0.3 is 44.5 Å². The molecule has 2 aromatic rings. The molecule has 1 saturated carbocycles. The van der Waals surface area contributed by atoms with Crippen LogP contribution in [0.4, 0.5) is 9.59 Å². The molecule has 1 aliphatic carbocycles. The van der Waals surface area contributed by atoms with Crippen molar-refractivity contribution < 1.29 is 48.4 Å². The van der Waals surface area contributed by atoms with Crippen molar-refractivity contribution in [3.8, 4) is 0 Å². The number of methoxy groups -OCH3 is 1. The van der Waals surface area contributed by atoms with Crippen LogP contribution in [-0.2, 0) is 28.6 Å². The number of ether oxygens (including phenoxy) is 4. The Labute approximate surface area is 337 Å². The molecule has 322 valence electrons. The van der Waals surface area contributed by atoms with E-state index in [2.05, 4.69) is 59.4 Å². The van der Waals surface area contributed by atoms with Crippen LogP contribution in [0.15, 0.2) is 24.4 Å². The molecule has 57 heavy (non-hydrogen) atoms. The predicted octanol–water partition coefficient (Wildman–Crippen LogP) is 7.74. The van der Waals surface area contributed by atoms with Gasteiger partial charge in [-0.2, -0.15) is 0 Å². The maximum Gasteiger partial charge on any atom is 0.508 e. The van der Waals surface area contributed by atoms with Gasteiger partial charge in [-0.1, -0.05) is 39.8 Å². The number of fused-ring (bicyclic) bond motifs is 1. The molecular weight excluding hydrogens is 736 g/mol. The number of rotatable bonds is 22. The van der Waals surface area contributed by atoms with E-state index in [9.17, 15) is 29.6 Å². The number of hydrogen-bond donors (Lipinski definition) is 4. The second kappa shape index (κ2) is 22.7. The quantitative estimate of drug-likeness (QED) is 0.0393. The van der Waals surface area contributed by atoms with E-state index in [-0.39, 0.29) is 67.8 Å². The van der Waals surface area contributed by atoms with Crippen LogP contribution in [0, 0.1) is 40.7 Å². The SMILES string of the molecule is COCCCC(c1ccc2c(C)c[nH]c2c1)[C@@H](C[C@H](NC(=O)OC(C)(C)C)[C@@H](O)C[C@H](C(=O)NC1CCC(OC(=O)OCCCO[N+](=O)[O-])CC1)C(C)C)C(C)C. The fraction of sp³-hybridized carbons (Fsp3) is 0.738. The van der Waals surface area contributed by atoms with Crippen molar-refractivity contribution >= 4 is 29.1 Å². The lowest BCUT2D eigenvalue weighted by Gasteiger charge is -2.37. The van der Waals surface area contributed by atoms with Gasteiger partial charge in [0.15, 0.2) is 0 Å². The molecule has 0 spiro atoms. The van der Waals surface area contributed by atoms with Crippen molar-refractivity contribution in [2.75, 3.05) is 26.9 Å². The molecular formula is C42H68N4O11. The number of aliphatic hydroxyl groups excluding tert-OH is 1. The minimum Gasteiger partial charge on any atom is -0.444 e. The first-order valence-electron chi connectivity index (χ1n) is 20.5. The lowest BCUT2D eigenvalue weighted by Crippen LogP contribution is -2.50. The standard InChI is InChI=1S/C42H68N4O11/c1-26(2)34(33(12-10-19-53-9)29-13-18-32-28(5)25-43-36(32)22-29)23-37(45-40(49)57-42(6,7)8)38(47)24-35(27(3)4)39(48)44-30-14-16-31(17-15-30)56-41(50)54-20-11-21-55-46(51)52/h13,18,22,25-27,30-31,33-35,37-38,43,47H,10-12,14-17,19-21,23-24H2,1-9H3,(H,44,48)(H,45,49)/t30?,31?,33?,34-,35-,37-,38-/m0/s1. The van der Waals surface area contributed by atoms with Gasteiger partial charge in [-0.15, -0.1) is 10.1 Å². The Balaban J connectivity index is 1.73. The summed E-state index contributed by atoms with van der Waals surface area (Å²) in [6.45, 7) is 16.1. The van der Waals surface area contributed by atoms with Gasteiger partial charge >= 0.3 is 12.2 Å². The molecule has 3 rings (SSSR count). The summed E-state index contributed by atoms with van der Waals surface area (Å²) in [6, 6.07) is 5.73. The van der Waals surface area contributed by atoms with Crippen molar-refractivity contribution in [2.45, 2.75) is 149 Å². The van der Waals surface area contributed by atoms with Crippen LogP contribution in [0.1, 0.15) is 123 Å². The Hall–Kier alpha value is -4.11. The zero-order valence-corrected chi connectivity index (χ0v) is 35.5. The van der Waals surface area contributed by atoms with Crippen molar-refractivity contribution in [3.05, 3.63) is 45.6 Å². The number of amides is 2. The molecule has 15 heteroatoms. The molecule has 1 aromatic heterocycles. The number of alkyl carbamates (subject to hydrolysis) is 1. The Kier molecular flexibility index (Phi) is 18.8. The topological polar surface area (TPSA) is 201 Å². The molecule has 1 aliphatic rings. The smallest absolute Gasteiger partial charge is 0.444 e. The molecule has 5 atom stereocenters. The zero-order chi connectivity index (χ0) is 42.3. The Morgan fingerprint density at radius 1 is 1.00 bits per heavy atom. The van der Waals surface area contributed by atoms with E-state index in [1.807, 2.05) is 20.0 Å². The first kappa shape index (κ1) is 47.3. The summed E-state index contributed by atoms with van der Waals surface area (Å²) in [5.74, 6) is -0.481. The van der Waals surface area contributed by atoms with Gasteiger partial charge in [-0.3, -0.25) is 4.79 Å². The first-order chi connectivity index (χ1) is 26.9. The minimum absolute atomic E-state index is 0.0496. The van der Waals surface area contributed by atoms with Crippen LogP contribution in [-0.4, -0.2) is 90.2 Å². The third-order valence-corrected chi connectivity index (χ3v) is 10.9. The largest absolute Gasteiger partial charge is 0.508 e. The third-order valence-electron chi connectivity index (χ3n) is 10.9. The Morgan fingerprint density at radius 2 is 1.70 bits per heavy atom. The summed E-state index contributed by atoms with van der Waals surface area (Å²) in [4.78, 5) is 57.1. The normalized spacial score (nSPS) is 18.7. The van der Waals surface area contributed by atoms with Crippen molar-refractivity contribution in [1.29, 1.82) is 0 Å². The van der Waals surface area contributed by atoms with Crippen LogP contribution >= 0.6 is 0 Å². The number of aromatic amines is 1. The summed E-state index contributed by atoms with van der Waals surface area (Å²) in [7, 11) is 1.70. The summed E-state index contributed by atoms with van der Waals surface area (Å²) < 4.78 is 21.5. The van der Waals surface area contributed by atoms with E-state index >= 15 is 0 Å². The van der Waals surface area contributed by atoms with E-state index in [1.54, 1.807) is 27.9 Å². The first-order valence-corrected chi connectivity index (χ1v) is 20.5. The second-order valence-corrected chi connectivity index (χ2v) is 17.2. The fourth-order valence-electron chi connectivity index (χ4n) is 7.82. The van der Waals surface area contributed by atoms with Gasteiger partial charge in [0.2, 0.25) is 5.91 Å². The van der Waals surface area contributed by atoms with Crippen LogP contribution in [0.25, 0.3) is 10.9 Å². The van der Waals surface area contributed by atoms with Crippen LogP contribution < -0.4 is 10.6 Å². The number of benzene rings is 1. The van der Waals surface area contributed by atoms with Gasteiger partial charge in [-0.05, 0) is 120 Å². The Bertz CT molecular complexity index is 1560. The van der Waals surface area contributed by atoms with Gasteiger partial charge in [0, 0.05) is 49.2 Å². The number of aromatic nitrogens is 1. The average molecular weight is 805 g/mol. The van der Waals surface area contributed by atoms with Crippen molar-refractivity contribution in [2.24, 2.45) is 23.7 Å². The third kappa shape index (κ3) is 16.0. The van der Waals surface area contributed by atoms with Gasteiger partial charge in [0.1, 0.15) is 11.7 Å². The molecule has 1 fully saturated rings. The molecule has 1 heterocycles. The molecule has 0 bridgehead atoms. The Morgan fingerprint density at radius 3 is 2.32 bits per heavy atom. The summed E-state index contributed by atoms with van der Waals surface area (Å²) in [5, 5.41) is 28.7. The molecule has 0 saturated heterocycles. The van der Waals surface area contributed by atoms with Crippen LogP contribution in [0.2, 0.25) is 0 Å². The molecule has 1 unspecified atom stereocenters. The fourth-order valence-corrected chi connectivity index (χ4v) is 7.82. The van der Waals surface area contributed by atoms with Gasteiger partial charge in [-0.25, -0.2) is 9.59 Å². The number of carbonyl (C=O) groups is 3. The lowest BCUT2D eigenvalue weighted by molar-refractivity contribution is -0.757. The predicted molar refractivity (Wildman–Crippen MR) is 216 cm³/mol. The maximum atomic E-state index is 13.9. The highest BCUT2D eigenvalue weighted by molar-refractivity contribution is 5.83. The molecule has 1 aromatic carbocycles. The molecule has 0 aliphatic heterocycles. The zero-order valence-electron chi connectivity index (χ0n) is 35.5. The van der Waals surface area contributed by atoms with E-state index in [0.29, 0.717) is 38.7 Å². The molecule has 2 amide bonds. The highest BCUT2D eigenvalue weighted by Crippen LogP contribution is 2.39. The summed E-state index contributed by atoms with van der Waals surface area (Å²) >= 11 is 0. The summed E-state index contributed by atoms with van der Waals surface area (Å²) in [5.41, 5.74) is 2.68. The number of aryl methyl sites for hydroxylation is 1. The van der Waals surface area contributed by atoms with Crippen LogP contribution in [0.3, 0.4) is 0 Å². The number of hydrogen-bond acceptors (Lipinski definition) is 11. The maximum absolute atomic E-state index is 13.9. The van der Waals surface area contributed by atoms with Crippen molar-refractivity contribution in [3.63, 3.8) is 0 Å². The number of aliphatic hydroxyl groups is 1. The van der Waals surface area contributed by atoms with E-state index in [1.165, 1.54) is 16.5 Å². The highest BCUT2D eigenvalue weighted by atomic mass is 16.9. The van der Waals surface area contributed by atoms with E-state index in [4.69, 9.17) is 18.9 Å². The highest BCUT2D eigenvalue weighted by Gasteiger charge is 2.37. The van der Waals surface area contributed by atoms with Gasteiger partial charge in [0.05, 0.1) is 25.4 Å². The van der Waals surface area contributed by atoms with Crippen LogP contribution in [0.5, 0.6) is 0 Å². The number of nitrogens with one attached hydrogen (secondary N) is 3. The summed E-state index contributed by atoms with van der Waals surface area (Å²) in [6.07, 6.45) is 3.81. The van der Waals surface area contributed by atoms with E-state index in [0.717, 1.165) is 18.4 Å². The second-order valence-electron chi connectivity index (χ2n) is 17.2. The molecule has 15 nitrogen and oxygen atoms in total. The van der Waals surface area contributed by atoms with Gasteiger partial charge in [0.25, 0.3) is 5.09 Å². The number of carbonyl (C=O) groups excluding carboxylic acids is 3. The van der Waals surface area contributed by atoms with Crippen molar-refractivity contribution in [1.82, 2.24) is 15.6 Å². The number of H-pyrrole nitrogens is 1. The minimum atomic E-state index is -1.05. The molecule has 0 radical (unpaired) electrons. The monoisotopic (exact) mass is 804 g/mol.